The van der Waals surface area contributed by atoms with Crippen molar-refractivity contribution in [3.05, 3.63) is 70.5 Å². The summed E-state index contributed by atoms with van der Waals surface area (Å²) in [6.07, 6.45) is 1.47. The van der Waals surface area contributed by atoms with Crippen LogP contribution >= 0.6 is 11.8 Å². The van der Waals surface area contributed by atoms with E-state index in [-0.39, 0.29) is 30.0 Å². The third-order valence-electron chi connectivity index (χ3n) is 7.53. The Morgan fingerprint density at radius 1 is 1.05 bits per heavy atom. The number of carbonyl (C=O) groups is 3. The molecule has 4 heterocycles. The lowest BCUT2D eigenvalue weighted by Crippen LogP contribution is -2.52. The van der Waals surface area contributed by atoms with Crippen LogP contribution in [0, 0.1) is 5.82 Å². The molecule has 2 aromatic carbocycles. The molecular formula is C28H28FN3O4S. The van der Waals surface area contributed by atoms with E-state index in [9.17, 15) is 18.8 Å². The smallest absolute Gasteiger partial charge is 0.255 e. The fraction of sp³-hybridized carbons (Fsp3) is 0.393. The Morgan fingerprint density at radius 2 is 1.86 bits per heavy atom. The summed E-state index contributed by atoms with van der Waals surface area (Å²) in [4.78, 5) is 41.8. The normalized spacial score (nSPS) is 22.8. The molecule has 4 aliphatic rings. The van der Waals surface area contributed by atoms with Crippen molar-refractivity contribution < 1.29 is 23.5 Å². The van der Waals surface area contributed by atoms with E-state index in [0.717, 1.165) is 42.1 Å². The lowest BCUT2D eigenvalue weighted by Gasteiger charge is -2.40. The molecule has 2 aromatic rings. The minimum absolute atomic E-state index is 0.143. The van der Waals surface area contributed by atoms with Gasteiger partial charge in [0.15, 0.2) is 0 Å². The van der Waals surface area contributed by atoms with Gasteiger partial charge in [0, 0.05) is 48.3 Å². The van der Waals surface area contributed by atoms with Crippen molar-refractivity contribution in [2.75, 3.05) is 32.8 Å². The van der Waals surface area contributed by atoms with E-state index >= 15 is 0 Å². The molecule has 1 N–H and O–H groups in total. The molecule has 2 fully saturated rings. The van der Waals surface area contributed by atoms with Crippen LogP contribution in [0.15, 0.2) is 52.9 Å². The van der Waals surface area contributed by atoms with E-state index < -0.39 is 6.04 Å². The summed E-state index contributed by atoms with van der Waals surface area (Å²) >= 11 is 1.82. The fourth-order valence-electron chi connectivity index (χ4n) is 5.59. The second kappa shape index (κ2) is 10.0. The number of hydrogen-bond acceptors (Lipinski definition) is 6. The Hall–Kier alpha value is -3.01. The minimum atomic E-state index is -0.591. The molecule has 192 valence electrons. The summed E-state index contributed by atoms with van der Waals surface area (Å²) in [5, 5.41) is 2.81. The van der Waals surface area contributed by atoms with E-state index in [1.165, 1.54) is 23.3 Å². The Bertz CT molecular complexity index is 1290. The molecular weight excluding hydrogens is 493 g/mol. The molecule has 0 aliphatic carbocycles. The SMILES string of the molecule is O=C1CCC(N2Cc3cc(SC4CN(CC5=C(c6ccc(F)cc6)CCOC5)C4)ccc3C2=O)C(=O)N1. The van der Waals surface area contributed by atoms with E-state index in [1.807, 2.05) is 36.0 Å². The monoisotopic (exact) mass is 521 g/mol. The zero-order valence-electron chi connectivity index (χ0n) is 20.4. The zero-order valence-corrected chi connectivity index (χ0v) is 21.2. The first-order valence-corrected chi connectivity index (χ1v) is 13.5. The third kappa shape index (κ3) is 4.95. The fourth-order valence-corrected chi connectivity index (χ4v) is 6.90. The summed E-state index contributed by atoms with van der Waals surface area (Å²) < 4.78 is 19.1. The van der Waals surface area contributed by atoms with Gasteiger partial charge in [0.25, 0.3) is 5.91 Å². The van der Waals surface area contributed by atoms with Gasteiger partial charge >= 0.3 is 0 Å². The van der Waals surface area contributed by atoms with Gasteiger partial charge in [-0.15, -0.1) is 11.8 Å². The first kappa shape index (κ1) is 24.3. The van der Waals surface area contributed by atoms with Crippen molar-refractivity contribution in [1.29, 1.82) is 0 Å². The first-order chi connectivity index (χ1) is 17.9. The highest BCUT2D eigenvalue weighted by atomic mass is 32.2. The van der Waals surface area contributed by atoms with Gasteiger partial charge in [-0.2, -0.15) is 0 Å². The Labute approximate surface area is 219 Å². The van der Waals surface area contributed by atoms with Crippen molar-refractivity contribution in [3.63, 3.8) is 0 Å². The van der Waals surface area contributed by atoms with Gasteiger partial charge in [0.05, 0.1) is 13.2 Å². The number of imide groups is 1. The maximum Gasteiger partial charge on any atom is 0.255 e. The number of carbonyl (C=O) groups excluding carboxylic acids is 3. The summed E-state index contributed by atoms with van der Waals surface area (Å²) in [5.74, 6) is -1.03. The van der Waals surface area contributed by atoms with Crippen molar-refractivity contribution in [1.82, 2.24) is 15.1 Å². The molecule has 1 atom stereocenters. The molecule has 1 unspecified atom stereocenters. The highest BCUT2D eigenvalue weighted by Gasteiger charge is 2.39. The summed E-state index contributed by atoms with van der Waals surface area (Å²) in [6.45, 7) is 4.47. The van der Waals surface area contributed by atoms with Crippen LogP contribution in [0.25, 0.3) is 5.57 Å². The van der Waals surface area contributed by atoms with Crippen molar-refractivity contribution >= 4 is 35.1 Å². The minimum Gasteiger partial charge on any atom is -0.377 e. The van der Waals surface area contributed by atoms with Gasteiger partial charge < -0.3 is 9.64 Å². The summed E-state index contributed by atoms with van der Waals surface area (Å²) in [5.41, 5.74) is 5.19. The molecule has 0 spiro atoms. The highest BCUT2D eigenvalue weighted by molar-refractivity contribution is 8.00. The molecule has 0 radical (unpaired) electrons. The van der Waals surface area contributed by atoms with E-state index in [4.69, 9.17) is 4.74 Å². The lowest BCUT2D eigenvalue weighted by molar-refractivity contribution is -0.136. The van der Waals surface area contributed by atoms with Crippen LogP contribution in [0.4, 0.5) is 4.39 Å². The summed E-state index contributed by atoms with van der Waals surface area (Å²) in [7, 11) is 0. The molecule has 6 rings (SSSR count). The van der Waals surface area contributed by atoms with Gasteiger partial charge in [-0.25, -0.2) is 4.39 Å². The van der Waals surface area contributed by atoms with Crippen LogP contribution in [0.3, 0.4) is 0 Å². The van der Waals surface area contributed by atoms with Crippen molar-refractivity contribution in [2.24, 2.45) is 0 Å². The molecule has 9 heteroatoms. The standard InChI is InChI=1S/C28H28FN3O4S/c29-20-3-1-17(2-4-20)23-9-10-36-16-19(23)12-31-14-22(15-31)37-21-5-6-24-18(11-21)13-32(28(24)35)25-7-8-26(33)30-27(25)34/h1-6,11,22,25H,7-10,12-16H2,(H,30,33,34). The number of nitrogens with one attached hydrogen (secondary N) is 1. The van der Waals surface area contributed by atoms with Crippen LogP contribution in [-0.2, 0) is 20.9 Å². The molecule has 0 aromatic heterocycles. The largest absolute Gasteiger partial charge is 0.377 e. The quantitative estimate of drug-likeness (QED) is 0.588. The van der Waals surface area contributed by atoms with Crippen molar-refractivity contribution in [2.45, 2.75) is 42.0 Å². The number of likely N-dealkylation sites (tertiary alicyclic amines) is 1. The van der Waals surface area contributed by atoms with Gasteiger partial charge in [0.1, 0.15) is 11.9 Å². The highest BCUT2D eigenvalue weighted by Crippen LogP contribution is 2.35. The van der Waals surface area contributed by atoms with Crippen LogP contribution < -0.4 is 5.32 Å². The number of rotatable bonds is 6. The Kier molecular flexibility index (Phi) is 6.60. The van der Waals surface area contributed by atoms with E-state index in [2.05, 4.69) is 16.3 Å². The molecule has 0 bridgehead atoms. The number of benzene rings is 2. The van der Waals surface area contributed by atoms with Gasteiger partial charge in [0.2, 0.25) is 11.8 Å². The molecule has 37 heavy (non-hydrogen) atoms. The number of halogens is 1. The maximum absolute atomic E-state index is 13.4. The topological polar surface area (TPSA) is 79.0 Å². The van der Waals surface area contributed by atoms with Crippen molar-refractivity contribution in [3.8, 4) is 0 Å². The van der Waals surface area contributed by atoms with Gasteiger partial charge in [-0.3, -0.25) is 24.6 Å². The second-order valence-corrected chi connectivity index (χ2v) is 11.4. The van der Waals surface area contributed by atoms with E-state index in [0.29, 0.717) is 37.0 Å². The number of piperidine rings is 1. The van der Waals surface area contributed by atoms with Crippen LogP contribution in [-0.4, -0.2) is 71.7 Å². The number of thioether (sulfide) groups is 1. The number of nitrogens with zero attached hydrogens (tertiary/aromatic N) is 2. The summed E-state index contributed by atoms with van der Waals surface area (Å²) in [6, 6.07) is 12.1. The van der Waals surface area contributed by atoms with Crippen LogP contribution in [0.2, 0.25) is 0 Å². The number of fused-ring (bicyclic) bond motifs is 1. The van der Waals surface area contributed by atoms with E-state index in [1.54, 1.807) is 4.90 Å². The lowest BCUT2D eigenvalue weighted by atomic mass is 9.95. The van der Waals surface area contributed by atoms with Crippen LogP contribution in [0.1, 0.15) is 40.7 Å². The first-order valence-electron chi connectivity index (χ1n) is 12.7. The zero-order chi connectivity index (χ0) is 25.5. The second-order valence-electron chi connectivity index (χ2n) is 10.0. The van der Waals surface area contributed by atoms with Gasteiger partial charge in [-0.05, 0) is 65.4 Å². The molecule has 7 nitrogen and oxygen atoms in total. The maximum atomic E-state index is 13.4. The molecule has 3 amide bonds. The number of hydrogen-bond donors (Lipinski definition) is 1. The number of amides is 3. The molecule has 2 saturated heterocycles. The third-order valence-corrected chi connectivity index (χ3v) is 8.69. The molecule has 4 aliphatic heterocycles. The average molecular weight is 522 g/mol. The predicted molar refractivity (Wildman–Crippen MR) is 137 cm³/mol. The Morgan fingerprint density at radius 3 is 2.65 bits per heavy atom. The average Bonchev–Trinajstić information content (AvgIpc) is 3.19. The van der Waals surface area contributed by atoms with Gasteiger partial charge in [-0.1, -0.05) is 12.1 Å². The number of ether oxygens (including phenoxy) is 1. The van der Waals surface area contributed by atoms with Crippen LogP contribution in [0.5, 0.6) is 0 Å². The predicted octanol–water partition coefficient (Wildman–Crippen LogP) is 3.24. The molecule has 0 saturated carbocycles. The Balaban J connectivity index is 1.06.